The number of hydrogen-bond acceptors (Lipinski definition) is 2. The van der Waals surface area contributed by atoms with E-state index in [4.69, 9.17) is 0 Å². The fourth-order valence-electron chi connectivity index (χ4n) is 2.26. The van der Waals surface area contributed by atoms with Crippen LogP contribution < -0.4 is 0 Å². The summed E-state index contributed by atoms with van der Waals surface area (Å²) in [7, 11) is 2.09. The molecular weight excluding hydrogens is 208 g/mol. The Bertz CT molecular complexity index is 560. The van der Waals surface area contributed by atoms with Crippen molar-refractivity contribution in [3.63, 3.8) is 0 Å². The molecule has 0 spiro atoms. The summed E-state index contributed by atoms with van der Waals surface area (Å²) < 4.78 is 0. The number of hydrogen-bond donors (Lipinski definition) is 0. The van der Waals surface area contributed by atoms with Crippen LogP contribution in [0.5, 0.6) is 0 Å². The van der Waals surface area contributed by atoms with Crippen molar-refractivity contribution in [3.05, 3.63) is 60.4 Å². The smallest absolute Gasteiger partial charge is 0.0894 e. The maximum atomic E-state index is 2.31. The molecule has 1 heterocycles. The van der Waals surface area contributed by atoms with Crippen molar-refractivity contribution in [2.45, 2.75) is 6.54 Å². The van der Waals surface area contributed by atoms with E-state index in [-0.39, 0.29) is 0 Å². The zero-order chi connectivity index (χ0) is 11.7. The van der Waals surface area contributed by atoms with Crippen molar-refractivity contribution in [3.8, 4) is 0 Å². The molecule has 1 aliphatic heterocycles. The molecule has 2 aromatic rings. The van der Waals surface area contributed by atoms with Gasteiger partial charge in [0.15, 0.2) is 0 Å². The molecule has 0 saturated carbocycles. The molecule has 86 valence electrons. The van der Waals surface area contributed by atoms with Crippen LogP contribution in [-0.4, -0.2) is 23.5 Å². The first kappa shape index (κ1) is 10.2. The van der Waals surface area contributed by atoms with Crippen LogP contribution >= 0.6 is 0 Å². The van der Waals surface area contributed by atoms with Gasteiger partial charge in [0.2, 0.25) is 0 Å². The molecule has 0 aromatic heterocycles. The Morgan fingerprint density at radius 1 is 1.00 bits per heavy atom. The number of nitrogens with zero attached hydrogens (tertiary/aromatic N) is 2. The third-order valence-corrected chi connectivity index (χ3v) is 3.14. The molecule has 0 bridgehead atoms. The van der Waals surface area contributed by atoms with Gasteiger partial charge in [-0.15, -0.1) is 0 Å². The number of fused-ring (bicyclic) bond motifs is 1. The Kier molecular flexibility index (Phi) is 2.48. The minimum atomic E-state index is 0.978. The maximum absolute atomic E-state index is 2.31. The van der Waals surface area contributed by atoms with E-state index in [1.54, 1.807) is 0 Å². The lowest BCUT2D eigenvalue weighted by Crippen LogP contribution is -2.21. The van der Waals surface area contributed by atoms with Gasteiger partial charge in [-0.3, -0.25) is 0 Å². The second-order valence-corrected chi connectivity index (χ2v) is 4.62. The molecule has 0 saturated heterocycles. The summed E-state index contributed by atoms with van der Waals surface area (Å²) >= 11 is 0. The van der Waals surface area contributed by atoms with Crippen LogP contribution in [0, 0.1) is 0 Å². The summed E-state index contributed by atoms with van der Waals surface area (Å²) in [6.45, 7) is 1.96. The van der Waals surface area contributed by atoms with Crippen molar-refractivity contribution in [1.29, 1.82) is 0 Å². The molecule has 0 amide bonds. The molecule has 0 atom stereocenters. The monoisotopic (exact) mass is 224 g/mol. The van der Waals surface area contributed by atoms with Gasteiger partial charge in [-0.2, -0.15) is 0 Å². The fraction of sp³-hybridized carbons (Fsp3) is 0.200. The second-order valence-electron chi connectivity index (χ2n) is 4.62. The zero-order valence-electron chi connectivity index (χ0n) is 10.0. The molecule has 0 radical (unpaired) electrons. The van der Waals surface area contributed by atoms with Crippen molar-refractivity contribution in [2.24, 2.45) is 0 Å². The first-order chi connectivity index (χ1) is 8.31. The predicted octanol–water partition coefficient (Wildman–Crippen LogP) is 3.02. The van der Waals surface area contributed by atoms with Crippen LogP contribution in [0.4, 0.5) is 0 Å². The summed E-state index contributed by atoms with van der Waals surface area (Å²) in [4.78, 5) is 4.49. The topological polar surface area (TPSA) is 6.48 Å². The minimum absolute atomic E-state index is 0.978. The highest BCUT2D eigenvalue weighted by Gasteiger charge is 2.08. The highest BCUT2D eigenvalue weighted by atomic mass is 15.3. The third-order valence-electron chi connectivity index (χ3n) is 3.14. The molecule has 2 nitrogen and oxygen atoms in total. The maximum Gasteiger partial charge on any atom is 0.0894 e. The highest BCUT2D eigenvalue weighted by molar-refractivity contribution is 5.82. The van der Waals surface area contributed by atoms with E-state index in [0.29, 0.717) is 0 Å². The van der Waals surface area contributed by atoms with E-state index in [1.807, 2.05) is 0 Å². The largest absolute Gasteiger partial charge is 0.362 e. The van der Waals surface area contributed by atoms with Crippen molar-refractivity contribution < 1.29 is 0 Å². The minimum Gasteiger partial charge on any atom is -0.362 e. The standard InChI is InChI=1S/C15H16N2/c1-16-8-9-17(12-16)11-13-6-7-14-4-2-3-5-15(14)10-13/h2-10H,11-12H2,1H3. The Morgan fingerprint density at radius 2 is 1.82 bits per heavy atom. The van der Waals surface area contributed by atoms with E-state index < -0.39 is 0 Å². The summed E-state index contributed by atoms with van der Waals surface area (Å²) in [5.74, 6) is 0. The number of benzene rings is 2. The predicted molar refractivity (Wildman–Crippen MR) is 71.3 cm³/mol. The van der Waals surface area contributed by atoms with E-state index in [1.165, 1.54) is 16.3 Å². The van der Waals surface area contributed by atoms with Gasteiger partial charge in [-0.1, -0.05) is 36.4 Å². The Labute approximate surface area is 102 Å². The van der Waals surface area contributed by atoms with Gasteiger partial charge < -0.3 is 9.80 Å². The van der Waals surface area contributed by atoms with Crippen molar-refractivity contribution in [2.75, 3.05) is 13.7 Å². The van der Waals surface area contributed by atoms with Crippen LogP contribution in [0.25, 0.3) is 10.8 Å². The molecule has 3 rings (SSSR count). The molecule has 0 unspecified atom stereocenters. The SMILES string of the molecule is CN1C=CN(Cc2ccc3ccccc3c2)C1. The first-order valence-corrected chi connectivity index (χ1v) is 5.91. The van der Waals surface area contributed by atoms with Crippen LogP contribution in [0.3, 0.4) is 0 Å². The molecule has 17 heavy (non-hydrogen) atoms. The normalized spacial score (nSPS) is 14.9. The Hall–Kier alpha value is -1.96. The lowest BCUT2D eigenvalue weighted by atomic mass is 10.1. The van der Waals surface area contributed by atoms with Gasteiger partial charge in [0.25, 0.3) is 0 Å². The number of rotatable bonds is 2. The van der Waals surface area contributed by atoms with E-state index in [2.05, 4.69) is 71.7 Å². The average Bonchev–Trinajstić information content (AvgIpc) is 2.75. The second kappa shape index (κ2) is 4.13. The Balaban J connectivity index is 1.84. The molecule has 0 aliphatic carbocycles. The quantitative estimate of drug-likeness (QED) is 0.773. The molecule has 1 aliphatic rings. The Morgan fingerprint density at radius 3 is 2.59 bits per heavy atom. The highest BCUT2D eigenvalue weighted by Crippen LogP contribution is 2.18. The lowest BCUT2D eigenvalue weighted by Gasteiger charge is -2.18. The van der Waals surface area contributed by atoms with Crippen LogP contribution in [0.2, 0.25) is 0 Å². The molecular formula is C15H16N2. The lowest BCUT2D eigenvalue weighted by molar-refractivity contribution is 0.291. The van der Waals surface area contributed by atoms with Gasteiger partial charge in [0.05, 0.1) is 6.67 Å². The van der Waals surface area contributed by atoms with Gasteiger partial charge in [0.1, 0.15) is 0 Å². The first-order valence-electron chi connectivity index (χ1n) is 5.91. The summed E-state index contributed by atoms with van der Waals surface area (Å²) in [6.07, 6.45) is 4.26. The van der Waals surface area contributed by atoms with Crippen LogP contribution in [0.15, 0.2) is 54.9 Å². The molecule has 2 aromatic carbocycles. The molecule has 2 heteroatoms. The summed E-state index contributed by atoms with van der Waals surface area (Å²) in [6, 6.07) is 15.2. The van der Waals surface area contributed by atoms with Crippen LogP contribution in [0.1, 0.15) is 5.56 Å². The van der Waals surface area contributed by atoms with Crippen molar-refractivity contribution >= 4 is 10.8 Å². The average molecular weight is 224 g/mol. The van der Waals surface area contributed by atoms with Crippen molar-refractivity contribution in [1.82, 2.24) is 9.80 Å². The zero-order valence-corrected chi connectivity index (χ0v) is 10.0. The van der Waals surface area contributed by atoms with E-state index in [0.717, 1.165) is 13.2 Å². The third kappa shape index (κ3) is 2.11. The molecule has 0 N–H and O–H groups in total. The van der Waals surface area contributed by atoms with Gasteiger partial charge in [-0.05, 0) is 22.4 Å². The summed E-state index contributed by atoms with van der Waals surface area (Å²) in [5, 5.41) is 2.63. The van der Waals surface area contributed by atoms with E-state index >= 15 is 0 Å². The van der Waals surface area contributed by atoms with Gasteiger partial charge >= 0.3 is 0 Å². The molecule has 0 fully saturated rings. The van der Waals surface area contributed by atoms with Crippen LogP contribution in [-0.2, 0) is 6.54 Å². The van der Waals surface area contributed by atoms with E-state index in [9.17, 15) is 0 Å². The van der Waals surface area contributed by atoms with Gasteiger partial charge in [0, 0.05) is 26.0 Å². The fourth-order valence-corrected chi connectivity index (χ4v) is 2.26. The van der Waals surface area contributed by atoms with Gasteiger partial charge in [-0.25, -0.2) is 0 Å². The summed E-state index contributed by atoms with van der Waals surface area (Å²) in [5.41, 5.74) is 1.36.